The third-order valence-corrected chi connectivity index (χ3v) is 4.68. The maximum Gasteiger partial charge on any atom is 0.224 e. The van der Waals surface area contributed by atoms with E-state index in [2.05, 4.69) is 10.3 Å². The van der Waals surface area contributed by atoms with E-state index in [-0.39, 0.29) is 5.91 Å². The van der Waals surface area contributed by atoms with Crippen molar-refractivity contribution in [2.45, 2.75) is 12.8 Å². The van der Waals surface area contributed by atoms with Gasteiger partial charge in [0.25, 0.3) is 0 Å². The number of carbonyl (C=O) groups is 1. The number of benzene rings is 2. The van der Waals surface area contributed by atoms with Crippen molar-refractivity contribution in [1.82, 2.24) is 4.98 Å². The molecule has 3 aromatic rings. The van der Waals surface area contributed by atoms with Crippen LogP contribution >= 0.6 is 11.3 Å². The highest BCUT2D eigenvalue weighted by molar-refractivity contribution is 7.18. The molecule has 24 heavy (non-hydrogen) atoms. The van der Waals surface area contributed by atoms with Crippen molar-refractivity contribution in [3.63, 3.8) is 0 Å². The Morgan fingerprint density at radius 1 is 1.17 bits per heavy atom. The largest absolute Gasteiger partial charge is 0.497 e. The normalized spacial score (nSPS) is 10.6. The summed E-state index contributed by atoms with van der Waals surface area (Å²) in [5.74, 6) is 1.18. The molecule has 0 radical (unpaired) electrons. The highest BCUT2D eigenvalue weighted by Crippen LogP contribution is 2.29. The third-order valence-electron chi connectivity index (χ3n) is 3.58. The molecular formula is C18H18N2O3S. The Morgan fingerprint density at radius 3 is 2.75 bits per heavy atom. The summed E-state index contributed by atoms with van der Waals surface area (Å²) < 4.78 is 11.6. The van der Waals surface area contributed by atoms with Gasteiger partial charge in [0.05, 0.1) is 35.1 Å². The molecule has 0 atom stereocenters. The van der Waals surface area contributed by atoms with Crippen molar-refractivity contribution in [1.29, 1.82) is 0 Å². The molecule has 5 nitrogen and oxygen atoms in total. The Morgan fingerprint density at radius 2 is 2.00 bits per heavy atom. The average Bonchev–Trinajstić information content (AvgIpc) is 3.03. The lowest BCUT2D eigenvalue weighted by atomic mass is 10.2. The number of thiazole rings is 1. The predicted octanol–water partition coefficient (Wildman–Crippen LogP) is 3.88. The molecule has 0 aliphatic carbocycles. The molecule has 0 unspecified atom stereocenters. The van der Waals surface area contributed by atoms with E-state index in [1.54, 1.807) is 43.8 Å². The van der Waals surface area contributed by atoms with Crippen LogP contribution in [-0.4, -0.2) is 25.1 Å². The van der Waals surface area contributed by atoms with Gasteiger partial charge < -0.3 is 14.8 Å². The number of hydrogen-bond acceptors (Lipinski definition) is 5. The van der Waals surface area contributed by atoms with E-state index in [9.17, 15) is 4.79 Å². The van der Waals surface area contributed by atoms with Crippen LogP contribution in [0, 0.1) is 0 Å². The Bertz CT molecular complexity index is 827. The summed E-state index contributed by atoms with van der Waals surface area (Å²) in [6.07, 6.45) is 0.970. The number of aryl methyl sites for hydroxylation is 1. The summed E-state index contributed by atoms with van der Waals surface area (Å²) in [7, 11) is 3.15. The number of hydrogen-bond donors (Lipinski definition) is 1. The quantitative estimate of drug-likeness (QED) is 0.738. The van der Waals surface area contributed by atoms with Crippen LogP contribution in [0.5, 0.6) is 11.5 Å². The molecule has 0 aliphatic heterocycles. The lowest BCUT2D eigenvalue weighted by Crippen LogP contribution is -2.13. The number of nitrogens with one attached hydrogen (secondary N) is 1. The van der Waals surface area contributed by atoms with Crippen LogP contribution in [0.4, 0.5) is 5.69 Å². The zero-order valence-corrected chi connectivity index (χ0v) is 14.4. The number of amides is 1. The predicted molar refractivity (Wildman–Crippen MR) is 96.1 cm³/mol. The van der Waals surface area contributed by atoms with Gasteiger partial charge in [-0.1, -0.05) is 12.1 Å². The monoisotopic (exact) mass is 342 g/mol. The molecule has 0 saturated carbocycles. The minimum absolute atomic E-state index is 0.0826. The number of aromatic nitrogens is 1. The molecule has 0 bridgehead atoms. The SMILES string of the molecule is COc1ccc(OC)c(NC(=O)CCc2nc3ccccc3s2)c1. The maximum absolute atomic E-state index is 12.2. The molecule has 0 aliphatic rings. The number of nitrogens with zero attached hydrogens (tertiary/aromatic N) is 1. The smallest absolute Gasteiger partial charge is 0.224 e. The molecule has 3 rings (SSSR count). The average molecular weight is 342 g/mol. The van der Waals surface area contributed by atoms with Crippen LogP contribution in [0.2, 0.25) is 0 Å². The first kappa shape index (κ1) is 16.3. The topological polar surface area (TPSA) is 60.5 Å². The van der Waals surface area contributed by atoms with Crippen molar-refractivity contribution >= 4 is 33.1 Å². The van der Waals surface area contributed by atoms with E-state index >= 15 is 0 Å². The van der Waals surface area contributed by atoms with Crippen molar-refractivity contribution < 1.29 is 14.3 Å². The summed E-state index contributed by atoms with van der Waals surface area (Å²) >= 11 is 1.62. The number of ether oxygens (including phenoxy) is 2. The van der Waals surface area contributed by atoms with Crippen molar-refractivity contribution in [3.05, 3.63) is 47.5 Å². The van der Waals surface area contributed by atoms with E-state index in [1.807, 2.05) is 24.3 Å². The van der Waals surface area contributed by atoms with Gasteiger partial charge >= 0.3 is 0 Å². The van der Waals surface area contributed by atoms with Gasteiger partial charge in [0, 0.05) is 18.9 Å². The van der Waals surface area contributed by atoms with Gasteiger partial charge in [-0.25, -0.2) is 4.98 Å². The van der Waals surface area contributed by atoms with Crippen LogP contribution in [0.1, 0.15) is 11.4 Å². The van der Waals surface area contributed by atoms with Crippen molar-refractivity contribution in [3.8, 4) is 11.5 Å². The second-order valence-electron chi connectivity index (χ2n) is 5.19. The summed E-state index contributed by atoms with van der Waals surface area (Å²) in [5, 5.41) is 3.84. The lowest BCUT2D eigenvalue weighted by molar-refractivity contribution is -0.116. The number of para-hydroxylation sites is 1. The first-order valence-corrected chi connectivity index (χ1v) is 8.37. The zero-order valence-electron chi connectivity index (χ0n) is 13.5. The van der Waals surface area contributed by atoms with Gasteiger partial charge in [0.2, 0.25) is 5.91 Å². The van der Waals surface area contributed by atoms with E-state index in [4.69, 9.17) is 9.47 Å². The highest BCUT2D eigenvalue weighted by Gasteiger charge is 2.11. The molecule has 0 spiro atoms. The first-order valence-electron chi connectivity index (χ1n) is 7.56. The minimum atomic E-state index is -0.0826. The van der Waals surface area contributed by atoms with Crippen molar-refractivity contribution in [2.24, 2.45) is 0 Å². The van der Waals surface area contributed by atoms with Crippen LogP contribution in [0.3, 0.4) is 0 Å². The maximum atomic E-state index is 12.2. The Labute approximate surface area is 144 Å². The zero-order chi connectivity index (χ0) is 16.9. The molecule has 0 fully saturated rings. The van der Waals surface area contributed by atoms with Gasteiger partial charge in [-0.05, 0) is 24.3 Å². The third kappa shape index (κ3) is 3.65. The van der Waals surface area contributed by atoms with E-state index < -0.39 is 0 Å². The molecule has 1 amide bonds. The Hall–Kier alpha value is -2.60. The molecule has 1 aromatic heterocycles. The van der Waals surface area contributed by atoms with Gasteiger partial charge in [-0.2, -0.15) is 0 Å². The lowest BCUT2D eigenvalue weighted by Gasteiger charge is -2.11. The van der Waals surface area contributed by atoms with E-state index in [0.717, 1.165) is 15.2 Å². The molecule has 6 heteroatoms. The van der Waals surface area contributed by atoms with Gasteiger partial charge in [0.1, 0.15) is 11.5 Å². The number of methoxy groups -OCH3 is 2. The van der Waals surface area contributed by atoms with Crippen LogP contribution < -0.4 is 14.8 Å². The fraction of sp³-hybridized carbons (Fsp3) is 0.222. The summed E-state index contributed by atoms with van der Waals surface area (Å²) in [6.45, 7) is 0. The van der Waals surface area contributed by atoms with Crippen LogP contribution in [-0.2, 0) is 11.2 Å². The summed E-state index contributed by atoms with van der Waals surface area (Å²) in [5.41, 5.74) is 1.58. The standard InChI is InChI=1S/C18H18N2O3S/c1-22-12-7-8-15(23-2)14(11-12)19-17(21)9-10-18-20-13-5-3-4-6-16(13)24-18/h3-8,11H,9-10H2,1-2H3,(H,19,21). The molecule has 2 aromatic carbocycles. The molecule has 1 N–H and O–H groups in total. The van der Waals surface area contributed by atoms with Crippen molar-refractivity contribution in [2.75, 3.05) is 19.5 Å². The van der Waals surface area contributed by atoms with Gasteiger partial charge in [-0.3, -0.25) is 4.79 Å². The molecule has 0 saturated heterocycles. The second kappa shape index (κ2) is 7.31. The van der Waals surface area contributed by atoms with Crippen LogP contribution in [0.25, 0.3) is 10.2 Å². The molecule has 1 heterocycles. The first-order chi connectivity index (χ1) is 11.7. The molecule has 124 valence electrons. The van der Waals surface area contributed by atoms with Crippen LogP contribution in [0.15, 0.2) is 42.5 Å². The van der Waals surface area contributed by atoms with E-state index in [1.165, 1.54) is 0 Å². The number of fused-ring (bicyclic) bond motifs is 1. The Kier molecular flexibility index (Phi) is 4.96. The molecular weight excluding hydrogens is 324 g/mol. The van der Waals surface area contributed by atoms with Gasteiger partial charge in [0.15, 0.2) is 0 Å². The van der Waals surface area contributed by atoms with E-state index in [0.29, 0.717) is 30.0 Å². The Balaban J connectivity index is 1.65. The second-order valence-corrected chi connectivity index (χ2v) is 6.30. The minimum Gasteiger partial charge on any atom is -0.497 e. The fourth-order valence-corrected chi connectivity index (χ4v) is 3.34. The number of anilines is 1. The number of rotatable bonds is 6. The number of carbonyl (C=O) groups excluding carboxylic acids is 1. The highest BCUT2D eigenvalue weighted by atomic mass is 32.1. The fourth-order valence-electron chi connectivity index (χ4n) is 2.37. The summed E-state index contributed by atoms with van der Waals surface area (Å²) in [4.78, 5) is 16.8. The summed E-state index contributed by atoms with van der Waals surface area (Å²) in [6, 6.07) is 13.3. The van der Waals surface area contributed by atoms with Gasteiger partial charge in [-0.15, -0.1) is 11.3 Å².